The van der Waals surface area contributed by atoms with Gasteiger partial charge in [-0.1, -0.05) is 0 Å². The van der Waals surface area contributed by atoms with Crippen LogP contribution in [0.4, 0.5) is 0 Å². The standard InChI is InChI=1S/C13H9NOSe.C10H10O4.C7H5NO4/c15-13-11-8-4-5-9-12(11)16-14(13)10-6-2-1-3-7-10;1-14-10-6-9(13)8(12)5-7(10)3-2-4-11;9-6(10)4-1-2-8-5(3-4)7(11)12/h1-9H;2-6,12-13H,1H3;1-3H,(H,9,10)(H,11,12)/b;3-2-;. The number of phenolic OH excluding ortho intramolecular Hbond substituents is 2. The van der Waals surface area contributed by atoms with Crippen molar-refractivity contribution in [1.29, 1.82) is 0 Å². The molecule has 4 N–H and O–H groups in total. The van der Waals surface area contributed by atoms with Crippen LogP contribution in [0.2, 0.25) is 0 Å². The van der Waals surface area contributed by atoms with E-state index in [0.717, 1.165) is 23.3 Å². The summed E-state index contributed by atoms with van der Waals surface area (Å²) in [7, 11) is 1.43. The van der Waals surface area contributed by atoms with Crippen LogP contribution in [0.5, 0.6) is 17.2 Å². The maximum absolute atomic E-state index is 12.1. The van der Waals surface area contributed by atoms with Crippen LogP contribution in [0.15, 0.2) is 95.9 Å². The fraction of sp³-hybridized carbons (Fsp3) is 0.0333. The fourth-order valence-corrected chi connectivity index (χ4v) is 5.50. The van der Waals surface area contributed by atoms with E-state index in [1.807, 2.05) is 58.2 Å². The van der Waals surface area contributed by atoms with Gasteiger partial charge in [-0.3, -0.25) is 4.79 Å². The molecule has 0 aliphatic carbocycles. The zero-order valence-corrected chi connectivity index (χ0v) is 23.7. The first-order valence-electron chi connectivity index (χ1n) is 12.0. The summed E-state index contributed by atoms with van der Waals surface area (Å²) in [4.78, 5) is 46.4. The second-order valence-electron chi connectivity index (χ2n) is 8.14. The van der Waals surface area contributed by atoms with Crippen LogP contribution < -0.4 is 10.3 Å². The van der Waals surface area contributed by atoms with Crippen LogP contribution in [-0.2, 0) is 4.79 Å². The average Bonchev–Trinajstić information content (AvgIpc) is 3.35. The molecule has 0 saturated carbocycles. The molecule has 0 saturated heterocycles. The van der Waals surface area contributed by atoms with Gasteiger partial charge >= 0.3 is 111 Å². The van der Waals surface area contributed by atoms with E-state index in [2.05, 4.69) is 4.98 Å². The molecule has 5 aromatic rings. The number of pyridine rings is 1. The Morgan fingerprint density at radius 1 is 0.905 bits per heavy atom. The molecular weight excluding hydrogens is 611 g/mol. The number of phenols is 2. The Morgan fingerprint density at radius 2 is 1.57 bits per heavy atom. The summed E-state index contributed by atoms with van der Waals surface area (Å²) < 4.78 is 7.98. The molecular formula is C30H24N2O9Se. The number of aromatic nitrogens is 2. The zero-order valence-electron chi connectivity index (χ0n) is 21.9. The number of rotatable bonds is 6. The van der Waals surface area contributed by atoms with Gasteiger partial charge in [-0.25, -0.2) is 14.6 Å². The molecule has 2 aromatic heterocycles. The van der Waals surface area contributed by atoms with Crippen molar-refractivity contribution >= 4 is 48.7 Å². The van der Waals surface area contributed by atoms with Gasteiger partial charge in [-0.05, 0) is 30.4 Å². The summed E-state index contributed by atoms with van der Waals surface area (Å²) in [5.41, 5.74) is 1.29. The quantitative estimate of drug-likeness (QED) is 0.0928. The number of hydrogen-bond donors (Lipinski definition) is 4. The first-order valence-corrected chi connectivity index (χ1v) is 13.6. The molecule has 0 fully saturated rings. The zero-order chi connectivity index (χ0) is 30.6. The molecule has 3 aromatic carbocycles. The number of ether oxygens (including phenoxy) is 1. The number of aromatic hydroxyl groups is 2. The summed E-state index contributed by atoms with van der Waals surface area (Å²) in [5.74, 6) is -2.53. The third-order valence-corrected chi connectivity index (χ3v) is 7.72. The van der Waals surface area contributed by atoms with Crippen molar-refractivity contribution in [2.75, 3.05) is 7.11 Å². The number of carbonyl (C=O) groups is 3. The molecule has 0 amide bonds. The summed E-state index contributed by atoms with van der Waals surface area (Å²) >= 11 is 0.0784. The number of para-hydroxylation sites is 1. The number of carboxylic acids is 2. The number of benzene rings is 3. The van der Waals surface area contributed by atoms with Crippen LogP contribution >= 0.6 is 0 Å². The topological polar surface area (TPSA) is 176 Å². The second kappa shape index (κ2) is 14.8. The number of aldehydes is 1. The van der Waals surface area contributed by atoms with Crippen LogP contribution in [0, 0.1) is 0 Å². The van der Waals surface area contributed by atoms with Gasteiger partial charge in [0.05, 0.1) is 12.7 Å². The minimum atomic E-state index is -1.24. The van der Waals surface area contributed by atoms with E-state index in [4.69, 9.17) is 20.1 Å². The van der Waals surface area contributed by atoms with Crippen molar-refractivity contribution in [1.82, 2.24) is 8.55 Å². The predicted octanol–water partition coefficient (Wildman–Crippen LogP) is 3.84. The SMILES string of the molecule is COc1cc(O)c(O)cc1/C=C\C=O.O=C(O)c1ccnc(C(=O)O)c1.O=c1c2ccccc2[se]n1-c1ccccc1. The van der Waals surface area contributed by atoms with E-state index in [1.54, 1.807) is 0 Å². The van der Waals surface area contributed by atoms with E-state index in [0.29, 0.717) is 17.6 Å². The van der Waals surface area contributed by atoms with Gasteiger partial charge in [-0.2, -0.15) is 0 Å². The van der Waals surface area contributed by atoms with Crippen molar-refractivity contribution < 1.29 is 39.5 Å². The average molecular weight is 635 g/mol. The number of aromatic carboxylic acids is 2. The van der Waals surface area contributed by atoms with Crippen LogP contribution in [0.3, 0.4) is 0 Å². The number of methoxy groups -OCH3 is 1. The Kier molecular flexibility index (Phi) is 11.0. The number of carbonyl (C=O) groups excluding carboxylic acids is 1. The maximum atomic E-state index is 12.1. The first kappa shape index (κ1) is 31.1. The third-order valence-electron chi connectivity index (χ3n) is 5.39. The summed E-state index contributed by atoms with van der Waals surface area (Å²) in [5, 5.41) is 36.1. The molecule has 0 aliphatic heterocycles. The van der Waals surface area contributed by atoms with E-state index in [-0.39, 0.29) is 43.0 Å². The van der Waals surface area contributed by atoms with E-state index >= 15 is 0 Å². The van der Waals surface area contributed by atoms with Gasteiger partial charge < -0.3 is 25.2 Å². The van der Waals surface area contributed by atoms with Gasteiger partial charge in [0.1, 0.15) is 17.7 Å². The van der Waals surface area contributed by atoms with Gasteiger partial charge in [0, 0.05) is 17.8 Å². The minimum absolute atomic E-state index is 0.0784. The number of carboxylic acid groups (broad SMARTS) is 2. The molecule has 0 bridgehead atoms. The number of allylic oxidation sites excluding steroid dienone is 1. The summed E-state index contributed by atoms with van der Waals surface area (Å²) in [6.45, 7) is 0. The Morgan fingerprint density at radius 3 is 2.19 bits per heavy atom. The Labute approximate surface area is 244 Å². The van der Waals surface area contributed by atoms with E-state index < -0.39 is 11.9 Å². The molecule has 214 valence electrons. The molecule has 0 radical (unpaired) electrons. The molecule has 42 heavy (non-hydrogen) atoms. The van der Waals surface area contributed by atoms with Crippen molar-refractivity contribution in [3.05, 3.63) is 118 Å². The van der Waals surface area contributed by atoms with Crippen molar-refractivity contribution in [2.45, 2.75) is 0 Å². The summed E-state index contributed by atoms with van der Waals surface area (Å²) in [6, 6.07) is 22.5. The molecule has 0 aliphatic rings. The van der Waals surface area contributed by atoms with Gasteiger partial charge in [-0.15, -0.1) is 0 Å². The van der Waals surface area contributed by atoms with Gasteiger partial charge in [0.25, 0.3) is 0 Å². The van der Waals surface area contributed by atoms with E-state index in [9.17, 15) is 24.3 Å². The first-order chi connectivity index (χ1) is 20.2. The van der Waals surface area contributed by atoms with Crippen LogP contribution in [0.1, 0.15) is 26.4 Å². The molecule has 5 rings (SSSR count). The van der Waals surface area contributed by atoms with Crippen molar-refractivity contribution in [3.63, 3.8) is 0 Å². The molecule has 11 nitrogen and oxygen atoms in total. The molecule has 0 unspecified atom stereocenters. The molecule has 2 heterocycles. The third kappa shape index (κ3) is 8.04. The summed E-state index contributed by atoms with van der Waals surface area (Å²) in [6.07, 6.45) is 4.51. The number of hydrogen-bond acceptors (Lipinski definition) is 8. The molecule has 0 atom stereocenters. The second-order valence-corrected chi connectivity index (χ2v) is 10.2. The number of nitrogens with zero attached hydrogens (tertiary/aromatic N) is 2. The number of fused-ring (bicyclic) bond motifs is 1. The van der Waals surface area contributed by atoms with Crippen LogP contribution in [-0.4, -0.2) is 69.0 Å². The van der Waals surface area contributed by atoms with Crippen molar-refractivity contribution in [2.24, 2.45) is 0 Å². The Hall–Kier alpha value is -5.45. The monoisotopic (exact) mass is 636 g/mol. The Bertz CT molecular complexity index is 1760. The predicted molar refractivity (Wildman–Crippen MR) is 156 cm³/mol. The van der Waals surface area contributed by atoms with Gasteiger partial charge in [0.15, 0.2) is 11.5 Å². The van der Waals surface area contributed by atoms with Gasteiger partial charge in [0.2, 0.25) is 0 Å². The Balaban J connectivity index is 0.000000175. The van der Waals surface area contributed by atoms with Crippen molar-refractivity contribution in [3.8, 4) is 22.9 Å². The normalized spacial score (nSPS) is 10.2. The molecule has 12 heteroatoms. The van der Waals surface area contributed by atoms with Crippen LogP contribution in [0.25, 0.3) is 21.4 Å². The molecule has 0 spiro atoms. The van der Waals surface area contributed by atoms with E-state index in [1.165, 1.54) is 41.7 Å². The fourth-order valence-electron chi connectivity index (χ4n) is 3.41.